The second-order valence-electron chi connectivity index (χ2n) is 4.78. The molecule has 1 aliphatic rings. The first-order chi connectivity index (χ1) is 6.44. The van der Waals surface area contributed by atoms with Crippen LogP contribution in [-0.4, -0.2) is 32.4 Å². The molecule has 0 fully saturated rings. The van der Waals surface area contributed by atoms with Crippen LogP contribution in [0.4, 0.5) is 0 Å². The summed E-state index contributed by atoms with van der Waals surface area (Å²) >= 11 is 0. The molecule has 0 amide bonds. The van der Waals surface area contributed by atoms with E-state index in [1.165, 1.54) is 5.56 Å². The molecule has 0 saturated heterocycles. The van der Waals surface area contributed by atoms with E-state index < -0.39 is 5.60 Å². The zero-order chi connectivity index (χ0) is 10.3. The molecule has 0 atom stereocenters. The molecule has 0 spiro atoms. The maximum absolute atomic E-state index is 9.64. The van der Waals surface area contributed by atoms with Crippen molar-refractivity contribution in [1.82, 2.24) is 14.7 Å². The summed E-state index contributed by atoms with van der Waals surface area (Å²) in [4.78, 5) is 2.23. The lowest BCUT2D eigenvalue weighted by Crippen LogP contribution is -2.26. The van der Waals surface area contributed by atoms with Gasteiger partial charge in [0.2, 0.25) is 0 Å². The molecule has 1 aromatic heterocycles. The number of fused-ring (bicyclic) bond motifs is 1. The second-order valence-corrected chi connectivity index (χ2v) is 4.78. The third kappa shape index (κ3) is 1.96. The Morgan fingerprint density at radius 1 is 1.50 bits per heavy atom. The maximum atomic E-state index is 9.64. The van der Waals surface area contributed by atoms with Crippen molar-refractivity contribution in [2.24, 2.45) is 0 Å². The molecule has 0 aliphatic carbocycles. The van der Waals surface area contributed by atoms with Gasteiger partial charge in [0, 0.05) is 24.8 Å². The Labute approximate surface area is 84.1 Å². The van der Waals surface area contributed by atoms with Gasteiger partial charge in [0.25, 0.3) is 0 Å². The summed E-state index contributed by atoms with van der Waals surface area (Å²) < 4.78 is 1.84. The maximum Gasteiger partial charge on any atom is 0.0809 e. The Hall–Kier alpha value is -0.870. The highest BCUT2D eigenvalue weighted by Crippen LogP contribution is 2.20. The van der Waals surface area contributed by atoms with Crippen LogP contribution < -0.4 is 0 Å². The fraction of sp³-hybridized carbons (Fsp3) is 0.700. The van der Waals surface area contributed by atoms with Gasteiger partial charge in [0.15, 0.2) is 0 Å². The third-order valence-corrected chi connectivity index (χ3v) is 2.33. The molecule has 14 heavy (non-hydrogen) atoms. The predicted octanol–water partition coefficient (Wildman–Crippen LogP) is 0.599. The molecule has 0 unspecified atom stereocenters. The van der Waals surface area contributed by atoms with Crippen molar-refractivity contribution >= 4 is 0 Å². The van der Waals surface area contributed by atoms with Gasteiger partial charge in [-0.2, -0.15) is 5.10 Å². The van der Waals surface area contributed by atoms with E-state index >= 15 is 0 Å². The normalized spacial score (nSPS) is 17.4. The van der Waals surface area contributed by atoms with E-state index in [9.17, 15) is 5.11 Å². The van der Waals surface area contributed by atoms with E-state index in [-0.39, 0.29) is 0 Å². The Bertz CT molecular complexity index is 314. The molecule has 1 aliphatic heterocycles. The first-order valence-electron chi connectivity index (χ1n) is 4.90. The Morgan fingerprint density at radius 2 is 2.21 bits per heavy atom. The molecule has 0 aromatic carbocycles. The highest BCUT2D eigenvalue weighted by molar-refractivity contribution is 5.21. The van der Waals surface area contributed by atoms with Crippen molar-refractivity contribution in [3.05, 3.63) is 17.5 Å². The van der Waals surface area contributed by atoms with Gasteiger partial charge in [0.05, 0.1) is 17.8 Å². The zero-order valence-corrected chi connectivity index (χ0v) is 8.99. The van der Waals surface area contributed by atoms with E-state index in [1.54, 1.807) is 13.8 Å². The molecule has 2 heterocycles. The second kappa shape index (κ2) is 3.07. The van der Waals surface area contributed by atoms with Crippen molar-refractivity contribution in [2.75, 3.05) is 7.05 Å². The summed E-state index contributed by atoms with van der Waals surface area (Å²) in [6, 6.07) is 0. The molecule has 1 N–H and O–H groups in total. The van der Waals surface area contributed by atoms with Crippen molar-refractivity contribution < 1.29 is 5.11 Å². The number of hydrogen-bond acceptors (Lipinski definition) is 3. The third-order valence-electron chi connectivity index (χ3n) is 2.33. The fourth-order valence-corrected chi connectivity index (χ4v) is 1.85. The van der Waals surface area contributed by atoms with Crippen LogP contribution in [-0.2, 0) is 19.6 Å². The topological polar surface area (TPSA) is 41.3 Å². The first-order valence-corrected chi connectivity index (χ1v) is 4.90. The molecular weight excluding hydrogens is 178 g/mol. The zero-order valence-electron chi connectivity index (χ0n) is 8.99. The van der Waals surface area contributed by atoms with Gasteiger partial charge < -0.3 is 5.11 Å². The molecule has 1 aromatic rings. The average molecular weight is 195 g/mol. The lowest BCUT2D eigenvalue weighted by atomic mass is 10.1. The molecule has 2 rings (SSSR count). The van der Waals surface area contributed by atoms with Gasteiger partial charge in [-0.15, -0.1) is 0 Å². The number of hydrogen-bond donors (Lipinski definition) is 1. The first kappa shape index (κ1) is 9.68. The molecule has 0 radical (unpaired) electrons. The van der Waals surface area contributed by atoms with Crippen molar-refractivity contribution in [2.45, 2.75) is 39.1 Å². The van der Waals surface area contributed by atoms with Gasteiger partial charge in [-0.05, 0) is 20.9 Å². The van der Waals surface area contributed by atoms with Gasteiger partial charge >= 0.3 is 0 Å². The lowest BCUT2D eigenvalue weighted by molar-refractivity contribution is 0.0574. The Morgan fingerprint density at radius 3 is 2.79 bits per heavy atom. The van der Waals surface area contributed by atoms with Crippen molar-refractivity contribution in [1.29, 1.82) is 0 Å². The highest BCUT2D eigenvalue weighted by atomic mass is 16.3. The van der Waals surface area contributed by atoms with Crippen LogP contribution in [0.3, 0.4) is 0 Å². The minimum Gasteiger partial charge on any atom is -0.389 e. The molecule has 78 valence electrons. The van der Waals surface area contributed by atoms with Crippen molar-refractivity contribution in [3.8, 4) is 0 Å². The van der Waals surface area contributed by atoms with E-state index in [2.05, 4.69) is 17.0 Å². The van der Waals surface area contributed by atoms with E-state index in [0.29, 0.717) is 6.54 Å². The summed E-state index contributed by atoms with van der Waals surface area (Å²) in [6.07, 6.45) is 2.04. The summed E-state index contributed by atoms with van der Waals surface area (Å²) in [5.74, 6) is 0. The van der Waals surface area contributed by atoms with Gasteiger partial charge in [-0.3, -0.25) is 9.58 Å². The molecule has 0 bridgehead atoms. The monoisotopic (exact) mass is 195 g/mol. The van der Waals surface area contributed by atoms with Gasteiger partial charge in [-0.25, -0.2) is 0 Å². The Balaban J connectivity index is 2.13. The average Bonchev–Trinajstić information content (AvgIpc) is 2.39. The number of nitrogens with zero attached hydrogens (tertiary/aromatic N) is 3. The van der Waals surface area contributed by atoms with E-state index in [0.717, 1.165) is 18.8 Å². The largest absolute Gasteiger partial charge is 0.389 e. The van der Waals surface area contributed by atoms with E-state index in [1.807, 2.05) is 10.9 Å². The summed E-state index contributed by atoms with van der Waals surface area (Å²) in [7, 11) is 2.09. The summed E-state index contributed by atoms with van der Waals surface area (Å²) in [5, 5.41) is 14.1. The quantitative estimate of drug-likeness (QED) is 0.751. The molecule has 4 heteroatoms. The van der Waals surface area contributed by atoms with Crippen molar-refractivity contribution in [3.63, 3.8) is 0 Å². The highest BCUT2D eigenvalue weighted by Gasteiger charge is 2.21. The van der Waals surface area contributed by atoms with Gasteiger partial charge in [0.1, 0.15) is 0 Å². The number of aliphatic hydroxyl groups is 1. The Kier molecular flexibility index (Phi) is 2.12. The minimum absolute atomic E-state index is 0.559. The smallest absolute Gasteiger partial charge is 0.0809 e. The number of aromatic nitrogens is 2. The predicted molar refractivity (Wildman–Crippen MR) is 53.7 cm³/mol. The summed E-state index contributed by atoms with van der Waals surface area (Å²) in [6.45, 7) is 6.05. The van der Waals surface area contributed by atoms with Crippen LogP contribution in [0.2, 0.25) is 0 Å². The van der Waals surface area contributed by atoms with Crippen LogP contribution in [0.15, 0.2) is 6.20 Å². The van der Waals surface area contributed by atoms with E-state index in [4.69, 9.17) is 0 Å². The van der Waals surface area contributed by atoms with Crippen LogP contribution in [0.25, 0.3) is 0 Å². The fourth-order valence-electron chi connectivity index (χ4n) is 1.85. The molecule has 0 saturated carbocycles. The van der Waals surface area contributed by atoms with Crippen LogP contribution >= 0.6 is 0 Å². The summed E-state index contributed by atoms with van der Waals surface area (Å²) in [5.41, 5.74) is 1.75. The molecule has 4 nitrogen and oxygen atoms in total. The minimum atomic E-state index is -0.689. The van der Waals surface area contributed by atoms with Crippen LogP contribution in [0.5, 0.6) is 0 Å². The van der Waals surface area contributed by atoms with Crippen LogP contribution in [0, 0.1) is 0 Å². The lowest BCUT2D eigenvalue weighted by Gasteiger charge is -2.17. The SMILES string of the molecule is CN1Cc2cn(CC(C)(C)O)nc2C1. The number of rotatable bonds is 2. The standard InChI is InChI=1S/C10H17N3O/c1-10(2,14)7-13-5-8-4-12(3)6-9(8)11-13/h5,14H,4,6-7H2,1-3H3. The van der Waals surface area contributed by atoms with Gasteiger partial charge in [-0.1, -0.05) is 0 Å². The molecular formula is C10H17N3O. The van der Waals surface area contributed by atoms with Crippen LogP contribution in [0.1, 0.15) is 25.1 Å².